The minimum Gasteiger partial charge on any atom is -0.299 e. The zero-order valence-electron chi connectivity index (χ0n) is 9.58. The lowest BCUT2D eigenvalue weighted by atomic mass is 10.1. The summed E-state index contributed by atoms with van der Waals surface area (Å²) in [5.74, 6) is 1.03. The number of rotatable bonds is 4. The van der Waals surface area contributed by atoms with Gasteiger partial charge in [0.05, 0.1) is 0 Å². The van der Waals surface area contributed by atoms with E-state index in [0.717, 1.165) is 13.1 Å². The number of carbonyl (C=O) groups excluding carboxylic acids is 1. The molecule has 3 heteroatoms. The normalized spacial score (nSPS) is 21.6. The van der Waals surface area contributed by atoms with Crippen LogP contribution in [0.4, 0.5) is 0 Å². The second kappa shape index (κ2) is 4.58. The minimum absolute atomic E-state index is 0.153. The van der Waals surface area contributed by atoms with Crippen molar-refractivity contribution >= 4 is 11.5 Å². The molecule has 1 rings (SSSR count). The first kappa shape index (κ1) is 11.2. The van der Waals surface area contributed by atoms with E-state index in [1.54, 1.807) is 0 Å². The van der Waals surface area contributed by atoms with Crippen molar-refractivity contribution in [1.82, 2.24) is 5.01 Å². The molecule has 1 heterocycles. The van der Waals surface area contributed by atoms with E-state index in [0.29, 0.717) is 18.1 Å². The summed E-state index contributed by atoms with van der Waals surface area (Å²) < 4.78 is 0. The lowest BCUT2D eigenvalue weighted by Gasteiger charge is -2.14. The Bertz CT molecular complexity index is 246. The fourth-order valence-electron chi connectivity index (χ4n) is 1.48. The van der Waals surface area contributed by atoms with E-state index in [4.69, 9.17) is 0 Å². The number of ketones is 1. The third kappa shape index (κ3) is 2.82. The Morgan fingerprint density at radius 3 is 2.71 bits per heavy atom. The Labute approximate surface area is 86.2 Å². The summed E-state index contributed by atoms with van der Waals surface area (Å²) in [5, 5.41) is 6.41. The molecule has 0 aromatic heterocycles. The van der Waals surface area contributed by atoms with Crippen molar-refractivity contribution in [3.8, 4) is 0 Å². The molecule has 0 fully saturated rings. The third-order valence-electron chi connectivity index (χ3n) is 2.76. The van der Waals surface area contributed by atoms with Crippen LogP contribution in [0.3, 0.4) is 0 Å². The molecule has 0 bridgehead atoms. The van der Waals surface area contributed by atoms with Crippen LogP contribution >= 0.6 is 0 Å². The molecule has 0 aliphatic carbocycles. The molecule has 0 radical (unpaired) electrons. The number of nitrogens with zero attached hydrogens (tertiary/aromatic N) is 2. The molecule has 0 N–H and O–H groups in total. The number of Topliss-reactive ketones (excluding diaryl/α,β-unsaturated/α-hetero) is 1. The average molecular weight is 196 g/mol. The Kier molecular flexibility index (Phi) is 3.67. The SMILES string of the molecule is CC1=NN(CCC(=O)C(C)C)CC1C. The summed E-state index contributed by atoms with van der Waals surface area (Å²) in [5.41, 5.74) is 1.18. The highest BCUT2D eigenvalue weighted by atomic mass is 16.1. The van der Waals surface area contributed by atoms with Gasteiger partial charge in [0.2, 0.25) is 0 Å². The van der Waals surface area contributed by atoms with E-state index in [2.05, 4.69) is 18.9 Å². The summed E-state index contributed by atoms with van der Waals surface area (Å²) in [6.45, 7) is 9.86. The van der Waals surface area contributed by atoms with Gasteiger partial charge in [-0.15, -0.1) is 0 Å². The fraction of sp³-hybridized carbons (Fsp3) is 0.818. The maximum atomic E-state index is 11.4. The van der Waals surface area contributed by atoms with Crippen molar-refractivity contribution in [3.05, 3.63) is 0 Å². The van der Waals surface area contributed by atoms with Crippen LogP contribution in [0.15, 0.2) is 5.10 Å². The molecule has 0 aromatic carbocycles. The number of carbonyl (C=O) groups is 1. The highest BCUT2D eigenvalue weighted by Crippen LogP contribution is 2.13. The molecular formula is C11H20N2O. The molecule has 0 saturated carbocycles. The van der Waals surface area contributed by atoms with Crippen molar-refractivity contribution in [1.29, 1.82) is 0 Å². The predicted molar refractivity (Wildman–Crippen MR) is 58.3 cm³/mol. The zero-order chi connectivity index (χ0) is 10.7. The standard InChI is InChI=1S/C11H20N2O/c1-8(2)11(14)5-6-13-7-9(3)10(4)12-13/h8-9H,5-7H2,1-4H3. The number of hydrogen-bond acceptors (Lipinski definition) is 3. The Morgan fingerprint density at radius 1 is 1.64 bits per heavy atom. The second-order valence-electron chi connectivity index (χ2n) is 4.43. The van der Waals surface area contributed by atoms with Crippen LogP contribution in [-0.2, 0) is 4.79 Å². The van der Waals surface area contributed by atoms with Gasteiger partial charge in [-0.1, -0.05) is 20.8 Å². The van der Waals surface area contributed by atoms with Gasteiger partial charge in [-0.2, -0.15) is 5.10 Å². The molecule has 0 amide bonds. The molecule has 1 aliphatic rings. The van der Waals surface area contributed by atoms with Crippen LogP contribution in [0, 0.1) is 11.8 Å². The number of hydrazone groups is 1. The molecule has 14 heavy (non-hydrogen) atoms. The molecule has 0 spiro atoms. The van der Waals surface area contributed by atoms with Crippen LogP contribution in [0.1, 0.15) is 34.1 Å². The van der Waals surface area contributed by atoms with Gasteiger partial charge in [0.25, 0.3) is 0 Å². The molecule has 1 unspecified atom stereocenters. The Morgan fingerprint density at radius 2 is 2.29 bits per heavy atom. The van der Waals surface area contributed by atoms with Gasteiger partial charge in [0.15, 0.2) is 0 Å². The van der Waals surface area contributed by atoms with Gasteiger partial charge in [0.1, 0.15) is 5.78 Å². The highest BCUT2D eigenvalue weighted by Gasteiger charge is 2.19. The van der Waals surface area contributed by atoms with E-state index < -0.39 is 0 Å². The monoisotopic (exact) mass is 196 g/mol. The molecule has 80 valence electrons. The van der Waals surface area contributed by atoms with Crippen LogP contribution in [0.5, 0.6) is 0 Å². The molecule has 0 saturated heterocycles. The zero-order valence-corrected chi connectivity index (χ0v) is 9.58. The summed E-state index contributed by atoms with van der Waals surface area (Å²) >= 11 is 0. The maximum Gasteiger partial charge on any atom is 0.137 e. The largest absolute Gasteiger partial charge is 0.299 e. The summed E-state index contributed by atoms with van der Waals surface area (Å²) in [4.78, 5) is 11.4. The van der Waals surface area contributed by atoms with Crippen molar-refractivity contribution in [2.45, 2.75) is 34.1 Å². The Hall–Kier alpha value is -0.860. The molecular weight excluding hydrogens is 176 g/mol. The van der Waals surface area contributed by atoms with Crippen LogP contribution in [-0.4, -0.2) is 29.6 Å². The topological polar surface area (TPSA) is 32.7 Å². The van der Waals surface area contributed by atoms with Crippen molar-refractivity contribution in [3.63, 3.8) is 0 Å². The Balaban J connectivity index is 2.31. The van der Waals surface area contributed by atoms with Gasteiger partial charge in [-0.3, -0.25) is 9.80 Å². The van der Waals surface area contributed by atoms with Gasteiger partial charge < -0.3 is 0 Å². The van der Waals surface area contributed by atoms with Crippen LogP contribution < -0.4 is 0 Å². The average Bonchev–Trinajstić information content (AvgIpc) is 2.42. The van der Waals surface area contributed by atoms with Crippen molar-refractivity contribution < 1.29 is 4.79 Å². The van der Waals surface area contributed by atoms with Crippen LogP contribution in [0.2, 0.25) is 0 Å². The smallest absolute Gasteiger partial charge is 0.137 e. The maximum absolute atomic E-state index is 11.4. The van der Waals surface area contributed by atoms with E-state index in [-0.39, 0.29) is 5.92 Å². The van der Waals surface area contributed by atoms with E-state index in [1.807, 2.05) is 18.9 Å². The highest BCUT2D eigenvalue weighted by molar-refractivity contribution is 5.85. The minimum atomic E-state index is 0.153. The molecule has 1 aliphatic heterocycles. The van der Waals surface area contributed by atoms with E-state index in [9.17, 15) is 4.79 Å². The van der Waals surface area contributed by atoms with Crippen molar-refractivity contribution in [2.75, 3.05) is 13.1 Å². The van der Waals surface area contributed by atoms with Crippen molar-refractivity contribution in [2.24, 2.45) is 16.9 Å². The summed E-state index contributed by atoms with van der Waals surface area (Å²) in [7, 11) is 0. The molecule has 1 atom stereocenters. The number of hydrogen-bond donors (Lipinski definition) is 0. The van der Waals surface area contributed by atoms with E-state index in [1.165, 1.54) is 5.71 Å². The quantitative estimate of drug-likeness (QED) is 0.688. The predicted octanol–water partition coefficient (Wildman–Crippen LogP) is 1.93. The first-order valence-electron chi connectivity index (χ1n) is 5.33. The van der Waals surface area contributed by atoms with Gasteiger partial charge >= 0.3 is 0 Å². The van der Waals surface area contributed by atoms with Gasteiger partial charge in [-0.05, 0) is 6.92 Å². The van der Waals surface area contributed by atoms with E-state index >= 15 is 0 Å². The second-order valence-corrected chi connectivity index (χ2v) is 4.43. The first-order valence-corrected chi connectivity index (χ1v) is 5.33. The van der Waals surface area contributed by atoms with Gasteiger partial charge in [0, 0.05) is 37.1 Å². The van der Waals surface area contributed by atoms with Gasteiger partial charge in [-0.25, -0.2) is 0 Å². The third-order valence-corrected chi connectivity index (χ3v) is 2.76. The molecule has 3 nitrogen and oxygen atoms in total. The fourth-order valence-corrected chi connectivity index (χ4v) is 1.48. The van der Waals surface area contributed by atoms with Crippen LogP contribution in [0.25, 0.3) is 0 Å². The lowest BCUT2D eigenvalue weighted by molar-refractivity contribution is -0.122. The summed E-state index contributed by atoms with van der Waals surface area (Å²) in [6.07, 6.45) is 0.626. The first-order chi connectivity index (χ1) is 6.50. The lowest BCUT2D eigenvalue weighted by Crippen LogP contribution is -2.22. The molecule has 0 aromatic rings. The summed E-state index contributed by atoms with van der Waals surface area (Å²) in [6, 6.07) is 0.